The monoisotopic (exact) mass is 282 g/mol. The normalized spacial score (nSPS) is 12.4. The Morgan fingerprint density at radius 1 is 1.32 bits per heavy atom. The third kappa shape index (κ3) is 4.99. The molecule has 0 spiro atoms. The Morgan fingerprint density at radius 2 is 1.84 bits per heavy atom. The molecular weight excluding hydrogens is 264 g/mol. The van der Waals surface area contributed by atoms with Crippen LogP contribution in [0.5, 0.6) is 0 Å². The Balaban J connectivity index is 2.81. The lowest BCUT2D eigenvalue weighted by Crippen LogP contribution is -2.40. The number of aliphatic hydroxyl groups is 1. The highest BCUT2D eigenvalue weighted by Crippen LogP contribution is 2.13. The lowest BCUT2D eigenvalue weighted by molar-refractivity contribution is 0.0639. The minimum Gasteiger partial charge on any atom is -0.389 e. The standard InChI is InChI=1S/C13H18N2O3S/c1-13(2,16)10-15(3)19(17,18)9-12-6-4-11(8-14)5-7-12/h4-7,16H,9-10H2,1-3H3. The molecule has 0 bridgehead atoms. The van der Waals surface area contributed by atoms with E-state index in [1.807, 2.05) is 6.07 Å². The number of rotatable bonds is 5. The van der Waals surface area contributed by atoms with Crippen molar-refractivity contribution >= 4 is 10.0 Å². The largest absolute Gasteiger partial charge is 0.389 e. The van der Waals surface area contributed by atoms with Gasteiger partial charge in [-0.05, 0) is 31.5 Å². The van der Waals surface area contributed by atoms with E-state index in [4.69, 9.17) is 5.26 Å². The summed E-state index contributed by atoms with van der Waals surface area (Å²) >= 11 is 0. The number of hydrogen-bond donors (Lipinski definition) is 1. The summed E-state index contributed by atoms with van der Waals surface area (Å²) in [5.74, 6) is -0.148. The predicted molar refractivity (Wildman–Crippen MR) is 72.7 cm³/mol. The van der Waals surface area contributed by atoms with Crippen molar-refractivity contribution in [1.82, 2.24) is 4.31 Å². The van der Waals surface area contributed by atoms with Crippen molar-refractivity contribution in [2.24, 2.45) is 0 Å². The fourth-order valence-corrected chi connectivity index (χ4v) is 2.99. The topological polar surface area (TPSA) is 81.4 Å². The van der Waals surface area contributed by atoms with E-state index in [9.17, 15) is 13.5 Å². The van der Waals surface area contributed by atoms with E-state index in [2.05, 4.69) is 0 Å². The molecule has 5 nitrogen and oxygen atoms in total. The zero-order valence-electron chi connectivity index (χ0n) is 11.3. The quantitative estimate of drug-likeness (QED) is 0.876. The lowest BCUT2D eigenvalue weighted by Gasteiger charge is -2.25. The van der Waals surface area contributed by atoms with Crippen LogP contribution in [-0.4, -0.2) is 37.0 Å². The fraction of sp³-hybridized carbons (Fsp3) is 0.462. The summed E-state index contributed by atoms with van der Waals surface area (Å²) in [6.07, 6.45) is 0. The Hall–Kier alpha value is -1.42. The van der Waals surface area contributed by atoms with Crippen LogP contribution in [0.4, 0.5) is 0 Å². The van der Waals surface area contributed by atoms with Crippen LogP contribution < -0.4 is 0 Å². The van der Waals surface area contributed by atoms with Gasteiger partial charge in [-0.25, -0.2) is 12.7 Å². The molecule has 0 aliphatic rings. The van der Waals surface area contributed by atoms with E-state index in [0.717, 1.165) is 4.31 Å². The van der Waals surface area contributed by atoms with Gasteiger partial charge < -0.3 is 5.11 Å². The Morgan fingerprint density at radius 3 is 2.26 bits per heavy atom. The molecule has 1 aromatic rings. The van der Waals surface area contributed by atoms with E-state index in [-0.39, 0.29) is 12.3 Å². The second kappa shape index (κ2) is 5.70. The Bertz CT molecular complexity index is 565. The summed E-state index contributed by atoms with van der Waals surface area (Å²) in [4.78, 5) is 0. The average Bonchev–Trinajstić information content (AvgIpc) is 2.27. The molecule has 0 saturated carbocycles. The molecular formula is C13H18N2O3S. The Kier molecular flexibility index (Phi) is 4.69. The average molecular weight is 282 g/mol. The SMILES string of the molecule is CN(CC(C)(C)O)S(=O)(=O)Cc1ccc(C#N)cc1. The van der Waals surface area contributed by atoms with Crippen LogP contribution in [0.2, 0.25) is 0 Å². The van der Waals surface area contributed by atoms with E-state index in [0.29, 0.717) is 11.1 Å². The van der Waals surface area contributed by atoms with E-state index in [1.54, 1.807) is 38.1 Å². The van der Waals surface area contributed by atoms with Crippen LogP contribution in [0.15, 0.2) is 24.3 Å². The molecule has 0 radical (unpaired) electrons. The molecule has 0 amide bonds. The predicted octanol–water partition coefficient (Wildman–Crippen LogP) is 1.09. The van der Waals surface area contributed by atoms with E-state index < -0.39 is 15.6 Å². The maximum atomic E-state index is 12.1. The number of sulfonamides is 1. The maximum absolute atomic E-state index is 12.1. The molecule has 0 aromatic heterocycles. The highest BCUT2D eigenvalue weighted by atomic mass is 32.2. The van der Waals surface area contributed by atoms with Crippen molar-refractivity contribution in [3.63, 3.8) is 0 Å². The Labute approximate surface area is 114 Å². The van der Waals surface area contributed by atoms with Gasteiger partial charge in [-0.1, -0.05) is 12.1 Å². The molecule has 0 aliphatic carbocycles. The molecule has 1 aromatic carbocycles. The molecule has 1 N–H and O–H groups in total. The summed E-state index contributed by atoms with van der Waals surface area (Å²) in [6, 6.07) is 8.38. The number of hydrogen-bond acceptors (Lipinski definition) is 4. The van der Waals surface area contributed by atoms with Crippen molar-refractivity contribution in [2.45, 2.75) is 25.2 Å². The van der Waals surface area contributed by atoms with Crippen molar-refractivity contribution in [2.75, 3.05) is 13.6 Å². The van der Waals surface area contributed by atoms with Gasteiger partial charge in [0, 0.05) is 13.6 Å². The van der Waals surface area contributed by atoms with Crippen molar-refractivity contribution in [3.8, 4) is 6.07 Å². The molecule has 104 valence electrons. The van der Waals surface area contributed by atoms with Gasteiger partial charge in [0.15, 0.2) is 0 Å². The molecule has 19 heavy (non-hydrogen) atoms. The van der Waals surface area contributed by atoms with Gasteiger partial charge >= 0.3 is 0 Å². The van der Waals surface area contributed by atoms with Gasteiger partial charge in [0.2, 0.25) is 10.0 Å². The zero-order chi connectivity index (χ0) is 14.7. The highest BCUT2D eigenvalue weighted by molar-refractivity contribution is 7.88. The number of nitrogens with zero attached hydrogens (tertiary/aromatic N) is 2. The van der Waals surface area contributed by atoms with Crippen molar-refractivity contribution in [1.29, 1.82) is 5.26 Å². The third-order valence-corrected chi connectivity index (χ3v) is 4.29. The first-order chi connectivity index (χ1) is 8.64. The molecule has 1 rings (SSSR count). The van der Waals surface area contributed by atoms with Crippen LogP contribution in [-0.2, 0) is 15.8 Å². The van der Waals surface area contributed by atoms with E-state index >= 15 is 0 Å². The van der Waals surface area contributed by atoms with Gasteiger partial charge in [0.25, 0.3) is 0 Å². The first-order valence-corrected chi connectivity index (χ1v) is 7.40. The second-order valence-corrected chi connectivity index (χ2v) is 7.21. The number of nitriles is 1. The fourth-order valence-electron chi connectivity index (χ4n) is 1.64. The minimum absolute atomic E-state index is 0.0333. The van der Waals surface area contributed by atoms with Gasteiger partial charge in [0.05, 0.1) is 23.0 Å². The van der Waals surface area contributed by atoms with Crippen LogP contribution in [0, 0.1) is 11.3 Å². The van der Waals surface area contributed by atoms with Gasteiger partial charge in [0.1, 0.15) is 0 Å². The maximum Gasteiger partial charge on any atom is 0.218 e. The van der Waals surface area contributed by atoms with Crippen LogP contribution in [0.1, 0.15) is 25.0 Å². The third-order valence-electron chi connectivity index (χ3n) is 2.52. The number of likely N-dealkylation sites (N-methyl/N-ethyl adjacent to an activating group) is 1. The van der Waals surface area contributed by atoms with Crippen molar-refractivity contribution < 1.29 is 13.5 Å². The molecule has 0 atom stereocenters. The smallest absolute Gasteiger partial charge is 0.218 e. The summed E-state index contributed by atoms with van der Waals surface area (Å²) in [6.45, 7) is 3.15. The minimum atomic E-state index is -3.48. The van der Waals surface area contributed by atoms with Crippen LogP contribution in [0.25, 0.3) is 0 Å². The highest BCUT2D eigenvalue weighted by Gasteiger charge is 2.24. The van der Waals surface area contributed by atoms with Gasteiger partial charge in [-0.2, -0.15) is 5.26 Å². The van der Waals surface area contributed by atoms with Gasteiger partial charge in [-0.3, -0.25) is 0 Å². The van der Waals surface area contributed by atoms with Gasteiger partial charge in [-0.15, -0.1) is 0 Å². The summed E-state index contributed by atoms with van der Waals surface area (Å²) in [5.41, 5.74) is 0.0274. The molecule has 0 fully saturated rings. The molecule has 0 unspecified atom stereocenters. The van der Waals surface area contributed by atoms with Crippen LogP contribution in [0.3, 0.4) is 0 Å². The van der Waals surface area contributed by atoms with Crippen molar-refractivity contribution in [3.05, 3.63) is 35.4 Å². The number of benzene rings is 1. The lowest BCUT2D eigenvalue weighted by atomic mass is 10.1. The summed E-state index contributed by atoms with van der Waals surface area (Å²) in [7, 11) is -2.03. The summed E-state index contributed by atoms with van der Waals surface area (Å²) in [5, 5.41) is 18.3. The molecule has 0 saturated heterocycles. The first kappa shape index (κ1) is 15.6. The zero-order valence-corrected chi connectivity index (χ0v) is 12.1. The van der Waals surface area contributed by atoms with E-state index in [1.165, 1.54) is 7.05 Å². The molecule has 0 heterocycles. The second-order valence-electron chi connectivity index (χ2n) is 5.13. The first-order valence-electron chi connectivity index (χ1n) is 5.79. The van der Waals surface area contributed by atoms with Crippen LogP contribution >= 0.6 is 0 Å². The summed E-state index contributed by atoms with van der Waals surface area (Å²) < 4.78 is 25.3. The molecule has 0 aliphatic heterocycles. The molecule has 6 heteroatoms.